The van der Waals surface area contributed by atoms with Crippen LogP contribution in [-0.4, -0.2) is 31.9 Å². The van der Waals surface area contributed by atoms with Gasteiger partial charge in [-0.25, -0.2) is 12.8 Å². The Kier molecular flexibility index (Phi) is 6.51. The lowest BCUT2D eigenvalue weighted by Gasteiger charge is -2.25. The summed E-state index contributed by atoms with van der Waals surface area (Å²) in [6.07, 6.45) is 1.53. The Bertz CT molecular complexity index is 585. The highest BCUT2D eigenvalue weighted by atomic mass is 32.2. The van der Waals surface area contributed by atoms with Gasteiger partial charge in [0.2, 0.25) is 10.0 Å². The Morgan fingerprint density at radius 3 is 2.62 bits per heavy atom. The number of nitrogens with zero attached hydrogens (tertiary/aromatic N) is 1. The highest BCUT2D eigenvalue weighted by Gasteiger charge is 2.28. The van der Waals surface area contributed by atoms with Crippen LogP contribution in [0.1, 0.15) is 26.3 Å². The number of nitrogens with one attached hydrogen (secondary N) is 1. The van der Waals surface area contributed by atoms with Crippen LogP contribution >= 0.6 is 0 Å². The molecular formula is C15H23FN2O2S. The molecule has 0 bridgehead atoms. The molecule has 0 aromatic heterocycles. The van der Waals surface area contributed by atoms with Gasteiger partial charge in [0, 0.05) is 19.1 Å². The zero-order chi connectivity index (χ0) is 16.0. The average Bonchev–Trinajstić information content (AvgIpc) is 2.42. The van der Waals surface area contributed by atoms with Crippen LogP contribution in [0.4, 0.5) is 4.39 Å². The van der Waals surface area contributed by atoms with Gasteiger partial charge < -0.3 is 5.32 Å². The van der Waals surface area contributed by atoms with Crippen molar-refractivity contribution in [2.45, 2.75) is 38.3 Å². The normalized spacial score (nSPS) is 12.1. The summed E-state index contributed by atoms with van der Waals surface area (Å²) in [5.41, 5.74) is 0.563. The second kappa shape index (κ2) is 7.68. The van der Waals surface area contributed by atoms with Crippen LogP contribution in [0.25, 0.3) is 0 Å². The van der Waals surface area contributed by atoms with Crippen LogP contribution in [0.5, 0.6) is 0 Å². The molecule has 4 nitrogen and oxygen atoms in total. The molecule has 0 heterocycles. The molecule has 1 N–H and O–H groups in total. The summed E-state index contributed by atoms with van der Waals surface area (Å²) in [5.74, 6) is -0.559. The zero-order valence-corrected chi connectivity index (χ0v) is 13.6. The van der Waals surface area contributed by atoms with Crippen molar-refractivity contribution in [1.29, 1.82) is 0 Å². The van der Waals surface area contributed by atoms with E-state index < -0.39 is 15.8 Å². The maximum Gasteiger partial charge on any atom is 0.244 e. The molecule has 0 fully saturated rings. The van der Waals surface area contributed by atoms with Crippen molar-refractivity contribution < 1.29 is 12.8 Å². The van der Waals surface area contributed by atoms with E-state index in [2.05, 4.69) is 11.9 Å². The fraction of sp³-hybridized carbons (Fsp3) is 0.467. The number of sulfonamides is 1. The zero-order valence-electron chi connectivity index (χ0n) is 12.8. The van der Waals surface area contributed by atoms with E-state index in [1.807, 2.05) is 6.92 Å². The lowest BCUT2D eigenvalue weighted by atomic mass is 10.2. The molecule has 1 aromatic rings. The Hall–Kier alpha value is -1.24. The number of benzene rings is 1. The molecule has 1 rings (SSSR count). The molecule has 0 aliphatic heterocycles. The summed E-state index contributed by atoms with van der Waals surface area (Å²) in [6.45, 7) is 10.4. The van der Waals surface area contributed by atoms with Gasteiger partial charge in [0.25, 0.3) is 0 Å². The molecule has 0 saturated heterocycles. The Morgan fingerprint density at radius 2 is 2.10 bits per heavy atom. The third kappa shape index (κ3) is 4.36. The summed E-state index contributed by atoms with van der Waals surface area (Å²) >= 11 is 0. The fourth-order valence-corrected chi connectivity index (χ4v) is 3.86. The first-order valence-corrected chi connectivity index (χ1v) is 8.40. The summed E-state index contributed by atoms with van der Waals surface area (Å²) in [6, 6.07) is 3.64. The molecule has 0 unspecified atom stereocenters. The summed E-state index contributed by atoms with van der Waals surface area (Å²) in [7, 11) is -3.76. The van der Waals surface area contributed by atoms with Crippen molar-refractivity contribution in [3.8, 4) is 0 Å². The van der Waals surface area contributed by atoms with Gasteiger partial charge in [-0.05, 0) is 38.1 Å². The van der Waals surface area contributed by atoms with Crippen molar-refractivity contribution in [3.05, 3.63) is 42.2 Å². The third-order valence-electron chi connectivity index (χ3n) is 3.07. The van der Waals surface area contributed by atoms with Gasteiger partial charge in [0.05, 0.1) is 4.90 Å². The van der Waals surface area contributed by atoms with Gasteiger partial charge in [-0.2, -0.15) is 4.31 Å². The second-order valence-electron chi connectivity index (χ2n) is 4.99. The van der Waals surface area contributed by atoms with Crippen LogP contribution in [-0.2, 0) is 16.6 Å². The maximum absolute atomic E-state index is 13.5. The van der Waals surface area contributed by atoms with E-state index in [4.69, 9.17) is 0 Å². The maximum atomic E-state index is 13.5. The topological polar surface area (TPSA) is 49.4 Å². The number of rotatable bonds is 8. The molecular weight excluding hydrogens is 291 g/mol. The van der Waals surface area contributed by atoms with Gasteiger partial charge in [-0.3, -0.25) is 0 Å². The first-order chi connectivity index (χ1) is 9.84. The van der Waals surface area contributed by atoms with E-state index in [0.717, 1.165) is 6.07 Å². The number of halogens is 1. The van der Waals surface area contributed by atoms with E-state index in [1.165, 1.54) is 22.5 Å². The predicted octanol–water partition coefficient (Wildman–Crippen LogP) is 2.52. The summed E-state index contributed by atoms with van der Waals surface area (Å²) in [4.78, 5) is 0.0130. The van der Waals surface area contributed by atoms with Crippen molar-refractivity contribution in [1.82, 2.24) is 9.62 Å². The molecule has 0 atom stereocenters. The first kappa shape index (κ1) is 17.8. The number of hydrogen-bond acceptors (Lipinski definition) is 3. The van der Waals surface area contributed by atoms with Crippen molar-refractivity contribution in [2.24, 2.45) is 0 Å². The van der Waals surface area contributed by atoms with Crippen molar-refractivity contribution in [3.63, 3.8) is 0 Å². The molecule has 0 amide bonds. The third-order valence-corrected chi connectivity index (χ3v) is 5.19. The highest BCUT2D eigenvalue weighted by molar-refractivity contribution is 7.89. The van der Waals surface area contributed by atoms with Crippen LogP contribution in [0.15, 0.2) is 35.7 Å². The lowest BCUT2D eigenvalue weighted by molar-refractivity contribution is 0.382. The minimum atomic E-state index is -3.76. The van der Waals surface area contributed by atoms with Crippen LogP contribution in [0.2, 0.25) is 0 Å². The average molecular weight is 314 g/mol. The fourth-order valence-electron chi connectivity index (χ4n) is 2.01. The standard InChI is InChI=1S/C15H23FN2O2S/c1-5-9-18(12(3)4)21(19,20)15-10-14(16)8-7-13(15)11-17-6-2/h5,7-8,10,12,17H,1,6,9,11H2,2-4H3. The molecule has 6 heteroatoms. The largest absolute Gasteiger partial charge is 0.313 e. The Labute approximate surface area is 126 Å². The predicted molar refractivity (Wildman–Crippen MR) is 83.0 cm³/mol. The van der Waals surface area contributed by atoms with E-state index >= 15 is 0 Å². The number of hydrogen-bond donors (Lipinski definition) is 1. The molecule has 0 spiro atoms. The van der Waals surface area contributed by atoms with Gasteiger partial charge in [-0.15, -0.1) is 6.58 Å². The van der Waals surface area contributed by atoms with Gasteiger partial charge in [0.1, 0.15) is 5.82 Å². The molecule has 0 aliphatic rings. The molecule has 0 radical (unpaired) electrons. The SMILES string of the molecule is C=CCN(C(C)C)S(=O)(=O)c1cc(F)ccc1CNCC. The smallest absolute Gasteiger partial charge is 0.244 e. The molecule has 0 saturated carbocycles. The van der Waals surface area contributed by atoms with E-state index in [-0.39, 0.29) is 17.5 Å². The molecule has 118 valence electrons. The van der Waals surface area contributed by atoms with Gasteiger partial charge in [-0.1, -0.05) is 19.1 Å². The van der Waals surface area contributed by atoms with Crippen molar-refractivity contribution >= 4 is 10.0 Å². The second-order valence-corrected chi connectivity index (χ2v) is 6.85. The molecule has 1 aromatic carbocycles. The van der Waals surface area contributed by atoms with Crippen LogP contribution < -0.4 is 5.32 Å². The lowest BCUT2D eigenvalue weighted by Crippen LogP contribution is -2.37. The van der Waals surface area contributed by atoms with E-state index in [9.17, 15) is 12.8 Å². The van der Waals surface area contributed by atoms with E-state index in [1.54, 1.807) is 13.8 Å². The van der Waals surface area contributed by atoms with Gasteiger partial charge >= 0.3 is 0 Å². The summed E-state index contributed by atoms with van der Waals surface area (Å²) in [5, 5.41) is 3.07. The minimum Gasteiger partial charge on any atom is -0.313 e. The quantitative estimate of drug-likeness (QED) is 0.750. The molecule has 0 aliphatic carbocycles. The van der Waals surface area contributed by atoms with Gasteiger partial charge in [0.15, 0.2) is 0 Å². The molecule has 21 heavy (non-hydrogen) atoms. The Morgan fingerprint density at radius 1 is 1.43 bits per heavy atom. The van der Waals surface area contributed by atoms with Crippen LogP contribution in [0.3, 0.4) is 0 Å². The highest BCUT2D eigenvalue weighted by Crippen LogP contribution is 2.23. The monoisotopic (exact) mass is 314 g/mol. The summed E-state index contributed by atoms with van der Waals surface area (Å²) < 4.78 is 40.4. The van der Waals surface area contributed by atoms with E-state index in [0.29, 0.717) is 18.7 Å². The van der Waals surface area contributed by atoms with Crippen LogP contribution in [0, 0.1) is 5.82 Å². The first-order valence-electron chi connectivity index (χ1n) is 6.96. The van der Waals surface area contributed by atoms with Crippen molar-refractivity contribution in [2.75, 3.05) is 13.1 Å². The minimum absolute atomic E-state index is 0.0130. The Balaban J connectivity index is 3.33.